The molecule has 0 aliphatic carbocycles. The summed E-state index contributed by atoms with van der Waals surface area (Å²) < 4.78 is 39.5. The molecule has 1 saturated heterocycles. The van der Waals surface area contributed by atoms with Crippen molar-refractivity contribution in [3.8, 4) is 0 Å². The van der Waals surface area contributed by atoms with Gasteiger partial charge in [-0.25, -0.2) is 17.1 Å². The van der Waals surface area contributed by atoms with Crippen molar-refractivity contribution in [2.24, 2.45) is 0 Å². The van der Waals surface area contributed by atoms with Crippen LogP contribution in [0.4, 0.5) is 4.39 Å². The average Bonchev–Trinajstić information content (AvgIpc) is 2.63. The lowest BCUT2D eigenvalue weighted by atomic mass is 9.94. The molecular weight excluding hydrogens is 319 g/mol. The lowest BCUT2D eigenvalue weighted by Gasteiger charge is -2.29. The van der Waals surface area contributed by atoms with Crippen LogP contribution in [0.2, 0.25) is 0 Å². The highest BCUT2D eigenvalue weighted by atomic mass is 32.2. The van der Waals surface area contributed by atoms with Crippen LogP contribution >= 0.6 is 0 Å². The SMILES string of the molecule is CN(C)C[C@]1(O)CCCN(S(=O)(=O)Cc2ccc(F)cc2)CC1. The molecule has 1 atom stereocenters. The molecule has 0 unspecified atom stereocenters. The topological polar surface area (TPSA) is 60.9 Å². The molecule has 0 radical (unpaired) electrons. The summed E-state index contributed by atoms with van der Waals surface area (Å²) in [4.78, 5) is 1.92. The van der Waals surface area contributed by atoms with Crippen LogP contribution in [0.25, 0.3) is 0 Å². The van der Waals surface area contributed by atoms with E-state index in [1.807, 2.05) is 19.0 Å². The minimum Gasteiger partial charge on any atom is -0.389 e. The first-order valence-electron chi connectivity index (χ1n) is 7.80. The average molecular weight is 344 g/mol. The summed E-state index contributed by atoms with van der Waals surface area (Å²) in [6, 6.07) is 5.52. The Morgan fingerprint density at radius 2 is 1.87 bits per heavy atom. The van der Waals surface area contributed by atoms with Crippen molar-refractivity contribution in [3.63, 3.8) is 0 Å². The molecule has 1 aliphatic rings. The van der Waals surface area contributed by atoms with Gasteiger partial charge in [-0.3, -0.25) is 0 Å². The largest absolute Gasteiger partial charge is 0.389 e. The predicted molar refractivity (Wildman–Crippen MR) is 88.0 cm³/mol. The van der Waals surface area contributed by atoms with Crippen LogP contribution in [0.3, 0.4) is 0 Å². The molecule has 1 aromatic carbocycles. The number of halogens is 1. The number of sulfonamides is 1. The maximum atomic E-state index is 12.9. The van der Waals surface area contributed by atoms with Crippen molar-refractivity contribution in [2.45, 2.75) is 30.6 Å². The van der Waals surface area contributed by atoms with E-state index in [9.17, 15) is 17.9 Å². The molecule has 130 valence electrons. The van der Waals surface area contributed by atoms with Gasteiger partial charge in [-0.15, -0.1) is 0 Å². The Hall–Kier alpha value is -1.02. The van der Waals surface area contributed by atoms with Crippen LogP contribution < -0.4 is 0 Å². The van der Waals surface area contributed by atoms with Gasteiger partial charge in [0.2, 0.25) is 10.0 Å². The highest BCUT2D eigenvalue weighted by Gasteiger charge is 2.34. The molecule has 1 heterocycles. The lowest BCUT2D eigenvalue weighted by molar-refractivity contribution is 0.00405. The van der Waals surface area contributed by atoms with Crippen molar-refractivity contribution in [1.29, 1.82) is 0 Å². The van der Waals surface area contributed by atoms with Gasteiger partial charge < -0.3 is 10.0 Å². The van der Waals surface area contributed by atoms with E-state index >= 15 is 0 Å². The molecule has 1 aromatic rings. The van der Waals surface area contributed by atoms with Crippen molar-refractivity contribution in [1.82, 2.24) is 9.21 Å². The van der Waals surface area contributed by atoms with Gasteiger partial charge in [0.1, 0.15) is 5.82 Å². The van der Waals surface area contributed by atoms with E-state index in [4.69, 9.17) is 0 Å². The maximum absolute atomic E-state index is 12.9. The number of aliphatic hydroxyl groups is 1. The first-order chi connectivity index (χ1) is 10.7. The zero-order chi connectivity index (χ0) is 17.1. The Kier molecular flexibility index (Phi) is 5.78. The summed E-state index contributed by atoms with van der Waals surface area (Å²) in [5, 5.41) is 10.6. The normalized spacial score (nSPS) is 23.9. The van der Waals surface area contributed by atoms with Crippen molar-refractivity contribution < 1.29 is 17.9 Å². The first-order valence-corrected chi connectivity index (χ1v) is 9.41. The van der Waals surface area contributed by atoms with E-state index in [1.54, 1.807) is 0 Å². The molecule has 0 saturated carbocycles. The van der Waals surface area contributed by atoms with Gasteiger partial charge in [0.15, 0.2) is 0 Å². The van der Waals surface area contributed by atoms with Gasteiger partial charge in [-0.05, 0) is 51.1 Å². The first kappa shape index (κ1) is 18.3. The standard InChI is InChI=1S/C16H25FN2O3S/c1-18(2)13-16(20)8-3-10-19(11-9-16)23(21,22)12-14-4-6-15(17)7-5-14/h4-7,20H,3,8-13H2,1-2H3/t16-/m0/s1. The molecule has 0 spiro atoms. The third kappa shape index (κ3) is 5.24. The summed E-state index contributed by atoms with van der Waals surface area (Å²) in [5.41, 5.74) is -0.275. The molecular formula is C16H25FN2O3S. The summed E-state index contributed by atoms with van der Waals surface area (Å²) in [6.07, 6.45) is 1.65. The molecule has 0 bridgehead atoms. The molecule has 0 aromatic heterocycles. The van der Waals surface area contributed by atoms with Crippen LogP contribution in [0.15, 0.2) is 24.3 Å². The molecule has 1 fully saturated rings. The number of benzene rings is 1. The van der Waals surface area contributed by atoms with Crippen LogP contribution in [0.1, 0.15) is 24.8 Å². The second kappa shape index (κ2) is 7.25. The van der Waals surface area contributed by atoms with Crippen molar-refractivity contribution >= 4 is 10.0 Å². The van der Waals surface area contributed by atoms with Crippen LogP contribution in [0, 0.1) is 5.82 Å². The van der Waals surface area contributed by atoms with Gasteiger partial charge in [-0.1, -0.05) is 12.1 Å². The number of likely N-dealkylation sites (N-methyl/N-ethyl adjacent to an activating group) is 1. The highest BCUT2D eigenvalue weighted by molar-refractivity contribution is 7.88. The number of hydrogen-bond donors (Lipinski definition) is 1. The molecule has 1 N–H and O–H groups in total. The van der Waals surface area contributed by atoms with Gasteiger partial charge in [0.25, 0.3) is 0 Å². The van der Waals surface area contributed by atoms with Gasteiger partial charge in [0.05, 0.1) is 11.4 Å². The smallest absolute Gasteiger partial charge is 0.218 e. The Bertz CT molecular complexity index is 619. The van der Waals surface area contributed by atoms with E-state index in [2.05, 4.69) is 0 Å². The number of rotatable bonds is 5. The van der Waals surface area contributed by atoms with E-state index < -0.39 is 15.6 Å². The quantitative estimate of drug-likeness (QED) is 0.878. The zero-order valence-electron chi connectivity index (χ0n) is 13.7. The van der Waals surface area contributed by atoms with Gasteiger partial charge >= 0.3 is 0 Å². The third-order valence-electron chi connectivity index (χ3n) is 4.14. The van der Waals surface area contributed by atoms with Gasteiger partial charge in [0, 0.05) is 19.6 Å². The van der Waals surface area contributed by atoms with E-state index in [-0.39, 0.29) is 11.6 Å². The molecule has 1 aliphatic heterocycles. The van der Waals surface area contributed by atoms with Crippen LogP contribution in [0.5, 0.6) is 0 Å². The lowest BCUT2D eigenvalue weighted by Crippen LogP contribution is -2.41. The third-order valence-corrected chi connectivity index (χ3v) is 5.99. The minimum atomic E-state index is -3.47. The molecule has 23 heavy (non-hydrogen) atoms. The molecule has 5 nitrogen and oxygen atoms in total. The van der Waals surface area contributed by atoms with E-state index in [0.717, 1.165) is 0 Å². The molecule has 0 amide bonds. The zero-order valence-corrected chi connectivity index (χ0v) is 14.5. The van der Waals surface area contributed by atoms with E-state index in [1.165, 1.54) is 28.6 Å². The minimum absolute atomic E-state index is 0.139. The fourth-order valence-electron chi connectivity index (χ4n) is 3.06. The number of hydrogen-bond acceptors (Lipinski definition) is 4. The van der Waals surface area contributed by atoms with Crippen molar-refractivity contribution in [2.75, 3.05) is 33.7 Å². The second-order valence-corrected chi connectivity index (χ2v) is 8.57. The monoisotopic (exact) mass is 344 g/mol. The Labute approximate surface area is 137 Å². The van der Waals surface area contributed by atoms with Crippen molar-refractivity contribution in [3.05, 3.63) is 35.6 Å². The summed E-state index contributed by atoms with van der Waals surface area (Å²) in [7, 11) is 0.324. The fraction of sp³-hybridized carbons (Fsp3) is 0.625. The summed E-state index contributed by atoms with van der Waals surface area (Å²) in [6.45, 7) is 1.26. The second-order valence-electron chi connectivity index (χ2n) is 6.60. The Balaban J connectivity index is 2.04. The molecule has 2 rings (SSSR count). The predicted octanol–water partition coefficient (Wildman–Crippen LogP) is 1.43. The maximum Gasteiger partial charge on any atom is 0.218 e. The Morgan fingerprint density at radius 1 is 1.22 bits per heavy atom. The molecule has 7 heteroatoms. The van der Waals surface area contributed by atoms with Gasteiger partial charge in [-0.2, -0.15) is 0 Å². The number of nitrogens with zero attached hydrogens (tertiary/aromatic N) is 2. The fourth-order valence-corrected chi connectivity index (χ4v) is 4.63. The Morgan fingerprint density at radius 3 is 2.48 bits per heavy atom. The van der Waals surface area contributed by atoms with E-state index in [0.29, 0.717) is 44.5 Å². The van der Waals surface area contributed by atoms with Crippen LogP contribution in [-0.2, 0) is 15.8 Å². The van der Waals surface area contributed by atoms with Crippen LogP contribution in [-0.4, -0.2) is 62.1 Å². The summed E-state index contributed by atoms with van der Waals surface area (Å²) in [5.74, 6) is -0.519. The highest BCUT2D eigenvalue weighted by Crippen LogP contribution is 2.25. The summed E-state index contributed by atoms with van der Waals surface area (Å²) >= 11 is 0.